The molecule has 0 aromatic heterocycles. The summed E-state index contributed by atoms with van der Waals surface area (Å²) in [5.74, 6) is 1.24. The molecule has 22 heavy (non-hydrogen) atoms. The predicted molar refractivity (Wildman–Crippen MR) is 90.2 cm³/mol. The second-order valence-electron chi connectivity index (χ2n) is 6.79. The van der Waals surface area contributed by atoms with E-state index in [2.05, 4.69) is 13.0 Å². The van der Waals surface area contributed by atoms with E-state index in [4.69, 9.17) is 0 Å². The molecular weight excluding hydrogens is 274 g/mol. The van der Waals surface area contributed by atoms with Crippen LogP contribution in [0, 0.1) is 5.92 Å². The van der Waals surface area contributed by atoms with E-state index in [0.29, 0.717) is 18.6 Å². The van der Waals surface area contributed by atoms with E-state index >= 15 is 0 Å². The van der Waals surface area contributed by atoms with Gasteiger partial charge in [0.2, 0.25) is 5.91 Å². The van der Waals surface area contributed by atoms with Crippen LogP contribution in [0.15, 0.2) is 12.1 Å². The first kappa shape index (κ1) is 16.9. The smallest absolute Gasteiger partial charge is 0.222 e. The lowest BCUT2D eigenvalue weighted by Gasteiger charge is -2.25. The molecule has 122 valence electrons. The van der Waals surface area contributed by atoms with Crippen molar-refractivity contribution in [3.63, 3.8) is 0 Å². The Labute approximate surface area is 134 Å². The number of nitrogens with zero attached hydrogens (tertiary/aromatic N) is 1. The Bertz CT molecular complexity index is 522. The summed E-state index contributed by atoms with van der Waals surface area (Å²) in [6, 6.07) is 4.08. The summed E-state index contributed by atoms with van der Waals surface area (Å²) in [5, 5.41) is 10.3. The van der Waals surface area contributed by atoms with Gasteiger partial charge in [-0.3, -0.25) is 4.79 Å². The van der Waals surface area contributed by atoms with E-state index in [1.165, 1.54) is 36.8 Å². The summed E-state index contributed by atoms with van der Waals surface area (Å²) < 4.78 is 0. The zero-order chi connectivity index (χ0) is 16.1. The fraction of sp³-hybridized carbons (Fsp3) is 0.632. The molecule has 2 rings (SSSR count). The lowest BCUT2D eigenvalue weighted by molar-refractivity contribution is -0.128. The fourth-order valence-corrected chi connectivity index (χ4v) is 3.33. The van der Waals surface area contributed by atoms with Gasteiger partial charge in [-0.05, 0) is 54.4 Å². The van der Waals surface area contributed by atoms with Crippen LogP contribution >= 0.6 is 0 Å². The van der Waals surface area contributed by atoms with Gasteiger partial charge >= 0.3 is 0 Å². The normalized spacial score (nSPS) is 17.1. The summed E-state index contributed by atoms with van der Waals surface area (Å²) in [7, 11) is 3.54. The van der Waals surface area contributed by atoms with Crippen molar-refractivity contribution in [3.05, 3.63) is 28.8 Å². The summed E-state index contributed by atoms with van der Waals surface area (Å²) in [5.41, 5.74) is 3.60. The lowest BCUT2D eigenvalue weighted by Crippen LogP contribution is -2.22. The molecule has 0 aliphatic heterocycles. The molecule has 1 aromatic carbocycles. The topological polar surface area (TPSA) is 40.5 Å². The number of carbonyl (C=O) groups excluding carboxylic acids is 1. The van der Waals surface area contributed by atoms with Crippen LogP contribution in [0.4, 0.5) is 0 Å². The number of amides is 1. The minimum absolute atomic E-state index is 0.108. The van der Waals surface area contributed by atoms with Crippen molar-refractivity contribution in [2.45, 2.75) is 58.3 Å². The van der Waals surface area contributed by atoms with Gasteiger partial charge in [0, 0.05) is 20.5 Å². The van der Waals surface area contributed by atoms with Gasteiger partial charge in [-0.2, -0.15) is 0 Å². The number of hydrogen-bond acceptors (Lipinski definition) is 2. The van der Waals surface area contributed by atoms with Crippen LogP contribution in [-0.4, -0.2) is 30.0 Å². The van der Waals surface area contributed by atoms with Crippen LogP contribution in [0.3, 0.4) is 0 Å². The number of carbonyl (C=O) groups is 1. The Kier molecular flexibility index (Phi) is 5.87. The minimum Gasteiger partial charge on any atom is -0.508 e. The number of hydrogen-bond donors (Lipinski definition) is 1. The van der Waals surface area contributed by atoms with Crippen molar-refractivity contribution in [3.8, 4) is 5.75 Å². The number of aromatic hydroxyl groups is 1. The largest absolute Gasteiger partial charge is 0.508 e. The summed E-state index contributed by atoms with van der Waals surface area (Å²) in [6.45, 7) is 2.24. The number of unbranched alkanes of at least 4 members (excludes halogenated alkanes) is 1. The maximum Gasteiger partial charge on any atom is 0.222 e. The first-order valence-electron chi connectivity index (χ1n) is 8.55. The van der Waals surface area contributed by atoms with Gasteiger partial charge in [0.15, 0.2) is 0 Å². The average Bonchev–Trinajstić information content (AvgIpc) is 2.50. The van der Waals surface area contributed by atoms with Crippen molar-refractivity contribution in [1.29, 1.82) is 0 Å². The van der Waals surface area contributed by atoms with E-state index in [9.17, 15) is 9.90 Å². The Morgan fingerprint density at radius 3 is 2.77 bits per heavy atom. The van der Waals surface area contributed by atoms with Gasteiger partial charge in [0.1, 0.15) is 5.75 Å². The van der Waals surface area contributed by atoms with Crippen LogP contribution in [-0.2, 0) is 24.1 Å². The Morgan fingerprint density at radius 1 is 1.32 bits per heavy atom. The van der Waals surface area contributed by atoms with Crippen molar-refractivity contribution in [2.24, 2.45) is 5.92 Å². The van der Waals surface area contributed by atoms with Crippen LogP contribution in [0.5, 0.6) is 5.75 Å². The molecule has 0 fully saturated rings. The SMILES string of the molecule is CCCC[C@@H]1CCc2cc(CCC(=O)N(C)C)c(O)cc2C1. The van der Waals surface area contributed by atoms with Gasteiger partial charge in [-0.25, -0.2) is 0 Å². The monoisotopic (exact) mass is 303 g/mol. The summed E-state index contributed by atoms with van der Waals surface area (Å²) in [6.07, 6.45) is 8.40. The Balaban J connectivity index is 2.03. The van der Waals surface area contributed by atoms with Crippen molar-refractivity contribution in [2.75, 3.05) is 14.1 Å². The van der Waals surface area contributed by atoms with Crippen molar-refractivity contribution >= 4 is 5.91 Å². The van der Waals surface area contributed by atoms with E-state index < -0.39 is 0 Å². The molecule has 1 aliphatic carbocycles. The van der Waals surface area contributed by atoms with Gasteiger partial charge in [-0.15, -0.1) is 0 Å². The molecule has 0 saturated carbocycles. The van der Waals surface area contributed by atoms with E-state index in [1.54, 1.807) is 19.0 Å². The number of phenols is 1. The Morgan fingerprint density at radius 2 is 2.09 bits per heavy atom. The lowest BCUT2D eigenvalue weighted by atomic mass is 9.80. The highest BCUT2D eigenvalue weighted by atomic mass is 16.3. The van der Waals surface area contributed by atoms with Crippen LogP contribution in [0.2, 0.25) is 0 Å². The molecule has 0 radical (unpaired) electrons. The number of phenolic OH excluding ortho intramolecular Hbond substituents is 1. The molecule has 1 atom stereocenters. The molecule has 3 heteroatoms. The summed E-state index contributed by atoms with van der Waals surface area (Å²) >= 11 is 0. The van der Waals surface area contributed by atoms with E-state index in [-0.39, 0.29) is 5.91 Å². The first-order chi connectivity index (χ1) is 10.5. The number of benzene rings is 1. The van der Waals surface area contributed by atoms with Gasteiger partial charge in [0.25, 0.3) is 0 Å². The second kappa shape index (κ2) is 7.66. The third kappa shape index (κ3) is 4.25. The highest BCUT2D eigenvalue weighted by molar-refractivity contribution is 5.75. The standard InChI is InChI=1S/C19H29NO2/c1-4-5-6-14-7-8-15-12-16(9-10-19(22)20(2)3)18(21)13-17(15)11-14/h12-14,21H,4-11H2,1-3H3/t14-/m1/s1. The number of rotatable bonds is 6. The third-order valence-electron chi connectivity index (χ3n) is 4.80. The van der Waals surface area contributed by atoms with Crippen LogP contribution in [0.25, 0.3) is 0 Å². The molecule has 3 nitrogen and oxygen atoms in total. The summed E-state index contributed by atoms with van der Waals surface area (Å²) in [4.78, 5) is 13.3. The highest BCUT2D eigenvalue weighted by Gasteiger charge is 2.20. The minimum atomic E-state index is 0.108. The molecule has 1 N–H and O–H groups in total. The zero-order valence-electron chi connectivity index (χ0n) is 14.2. The number of fused-ring (bicyclic) bond motifs is 1. The second-order valence-corrected chi connectivity index (χ2v) is 6.79. The zero-order valence-corrected chi connectivity index (χ0v) is 14.2. The van der Waals surface area contributed by atoms with Gasteiger partial charge in [-0.1, -0.05) is 32.3 Å². The molecule has 1 aliphatic rings. The maximum atomic E-state index is 11.7. The Hall–Kier alpha value is -1.51. The molecule has 0 heterocycles. The fourth-order valence-electron chi connectivity index (χ4n) is 3.33. The molecular formula is C19H29NO2. The van der Waals surface area contributed by atoms with Crippen molar-refractivity contribution < 1.29 is 9.90 Å². The molecule has 0 saturated heterocycles. The predicted octanol–water partition coefficient (Wildman–Crippen LogP) is 3.71. The van der Waals surface area contributed by atoms with E-state index in [0.717, 1.165) is 24.3 Å². The highest BCUT2D eigenvalue weighted by Crippen LogP contribution is 2.33. The third-order valence-corrected chi connectivity index (χ3v) is 4.80. The van der Waals surface area contributed by atoms with Gasteiger partial charge < -0.3 is 10.0 Å². The molecule has 0 unspecified atom stereocenters. The van der Waals surface area contributed by atoms with E-state index in [1.807, 2.05) is 6.07 Å². The van der Waals surface area contributed by atoms with Crippen molar-refractivity contribution in [1.82, 2.24) is 4.90 Å². The molecule has 1 amide bonds. The van der Waals surface area contributed by atoms with Crippen LogP contribution < -0.4 is 0 Å². The molecule has 0 spiro atoms. The maximum absolute atomic E-state index is 11.7. The molecule has 0 bridgehead atoms. The van der Waals surface area contributed by atoms with Crippen LogP contribution in [0.1, 0.15) is 55.7 Å². The average molecular weight is 303 g/mol. The quantitative estimate of drug-likeness (QED) is 0.870. The molecule has 1 aromatic rings. The van der Waals surface area contributed by atoms with Gasteiger partial charge in [0.05, 0.1) is 0 Å². The first-order valence-corrected chi connectivity index (χ1v) is 8.55. The number of aryl methyl sites for hydroxylation is 2.